The largest absolute Gasteiger partial charge is 0.310 e. The summed E-state index contributed by atoms with van der Waals surface area (Å²) in [5.74, 6) is 1.53. The highest BCUT2D eigenvalue weighted by atomic mass is 15.0. The van der Waals surface area contributed by atoms with Gasteiger partial charge in [-0.15, -0.1) is 0 Å². The molecule has 0 saturated carbocycles. The van der Waals surface area contributed by atoms with Crippen LogP contribution in [0.1, 0.15) is 32.2 Å². The van der Waals surface area contributed by atoms with E-state index < -0.39 is 0 Å². The Balaban J connectivity index is 2.14. The molecule has 2 aromatic rings. The highest BCUT2D eigenvalue weighted by Gasteiger charge is 2.03. The molecule has 0 saturated heterocycles. The van der Waals surface area contributed by atoms with Crippen LogP contribution in [0.2, 0.25) is 0 Å². The zero-order chi connectivity index (χ0) is 14.4. The Bertz CT molecular complexity index is 532. The number of rotatable bonds is 6. The van der Waals surface area contributed by atoms with Crippen molar-refractivity contribution in [3.8, 4) is 11.3 Å². The molecule has 0 bridgehead atoms. The zero-order valence-corrected chi connectivity index (χ0v) is 12.6. The van der Waals surface area contributed by atoms with Gasteiger partial charge in [0.25, 0.3) is 0 Å². The minimum Gasteiger partial charge on any atom is -0.310 e. The first-order valence-electron chi connectivity index (χ1n) is 7.31. The molecule has 0 atom stereocenters. The minimum absolute atomic E-state index is 0.687. The molecule has 0 aliphatic heterocycles. The number of nitrogens with one attached hydrogen (secondary N) is 1. The van der Waals surface area contributed by atoms with Crippen molar-refractivity contribution in [1.82, 2.24) is 15.3 Å². The molecule has 1 aromatic carbocycles. The fourth-order valence-corrected chi connectivity index (χ4v) is 2.16. The first-order valence-corrected chi connectivity index (χ1v) is 7.31. The quantitative estimate of drug-likeness (QED) is 0.872. The van der Waals surface area contributed by atoms with Gasteiger partial charge in [0.2, 0.25) is 0 Å². The van der Waals surface area contributed by atoms with E-state index in [0.29, 0.717) is 5.92 Å². The Morgan fingerprint density at radius 1 is 1.10 bits per heavy atom. The number of nitrogens with zero attached hydrogens (tertiary/aromatic N) is 2. The molecule has 106 valence electrons. The van der Waals surface area contributed by atoms with Crippen LogP contribution in [0.5, 0.6) is 0 Å². The lowest BCUT2D eigenvalue weighted by molar-refractivity contribution is 0.647. The van der Waals surface area contributed by atoms with Crippen molar-refractivity contribution in [3.63, 3.8) is 0 Å². The second kappa shape index (κ2) is 7.15. The third-order valence-corrected chi connectivity index (χ3v) is 3.13. The zero-order valence-electron chi connectivity index (χ0n) is 12.6. The lowest BCUT2D eigenvalue weighted by Crippen LogP contribution is -2.14. The molecule has 0 radical (unpaired) electrons. The van der Waals surface area contributed by atoms with Crippen LogP contribution in [-0.4, -0.2) is 16.5 Å². The average molecular weight is 269 g/mol. The molecule has 1 heterocycles. The van der Waals surface area contributed by atoms with Crippen molar-refractivity contribution in [2.75, 3.05) is 6.54 Å². The molecule has 3 heteroatoms. The van der Waals surface area contributed by atoms with Crippen molar-refractivity contribution in [1.29, 1.82) is 0 Å². The normalized spacial score (nSPS) is 11.0. The maximum Gasteiger partial charge on any atom is 0.142 e. The Hall–Kier alpha value is -1.74. The third kappa shape index (κ3) is 4.14. The summed E-state index contributed by atoms with van der Waals surface area (Å²) in [6, 6.07) is 10.7. The van der Waals surface area contributed by atoms with Crippen LogP contribution in [0.3, 0.4) is 0 Å². The van der Waals surface area contributed by atoms with Crippen molar-refractivity contribution in [2.45, 2.75) is 33.7 Å². The van der Waals surface area contributed by atoms with Crippen LogP contribution >= 0.6 is 0 Å². The second-order valence-corrected chi connectivity index (χ2v) is 5.43. The van der Waals surface area contributed by atoms with Gasteiger partial charge in [0.05, 0.1) is 12.2 Å². The van der Waals surface area contributed by atoms with Crippen molar-refractivity contribution in [3.05, 3.63) is 47.9 Å². The SMILES string of the molecule is CCNCc1nccc(-c2ccc(CC(C)C)cc2)n1. The fourth-order valence-electron chi connectivity index (χ4n) is 2.16. The van der Waals surface area contributed by atoms with Crippen LogP contribution < -0.4 is 5.32 Å². The Kier molecular flexibility index (Phi) is 5.24. The van der Waals surface area contributed by atoms with E-state index in [2.05, 4.69) is 60.3 Å². The smallest absolute Gasteiger partial charge is 0.142 e. The summed E-state index contributed by atoms with van der Waals surface area (Å²) < 4.78 is 0. The molecule has 0 aliphatic rings. The summed E-state index contributed by atoms with van der Waals surface area (Å²) >= 11 is 0. The number of hydrogen-bond acceptors (Lipinski definition) is 3. The summed E-state index contributed by atoms with van der Waals surface area (Å²) in [4.78, 5) is 8.88. The van der Waals surface area contributed by atoms with Crippen LogP contribution in [-0.2, 0) is 13.0 Å². The van der Waals surface area contributed by atoms with E-state index in [-0.39, 0.29) is 0 Å². The van der Waals surface area contributed by atoms with Crippen LogP contribution in [0.15, 0.2) is 36.5 Å². The van der Waals surface area contributed by atoms with Gasteiger partial charge < -0.3 is 5.32 Å². The lowest BCUT2D eigenvalue weighted by atomic mass is 10.0. The van der Waals surface area contributed by atoms with Gasteiger partial charge in [-0.05, 0) is 30.5 Å². The number of aromatic nitrogens is 2. The number of benzene rings is 1. The molecule has 1 N–H and O–H groups in total. The van der Waals surface area contributed by atoms with Gasteiger partial charge in [0, 0.05) is 11.8 Å². The van der Waals surface area contributed by atoms with Gasteiger partial charge in [-0.2, -0.15) is 0 Å². The van der Waals surface area contributed by atoms with Gasteiger partial charge in [0.15, 0.2) is 0 Å². The standard InChI is InChI=1S/C17H23N3/c1-4-18-12-17-19-10-9-16(20-17)15-7-5-14(6-8-15)11-13(2)3/h5-10,13,18H,4,11-12H2,1-3H3. The Morgan fingerprint density at radius 3 is 2.50 bits per heavy atom. The molecule has 2 rings (SSSR count). The van der Waals surface area contributed by atoms with Crippen molar-refractivity contribution >= 4 is 0 Å². The molecular weight excluding hydrogens is 246 g/mol. The summed E-state index contributed by atoms with van der Waals surface area (Å²) in [6.45, 7) is 8.21. The Morgan fingerprint density at radius 2 is 1.85 bits per heavy atom. The average Bonchev–Trinajstić information content (AvgIpc) is 2.45. The molecule has 0 unspecified atom stereocenters. The molecule has 20 heavy (non-hydrogen) atoms. The first-order chi connectivity index (χ1) is 9.69. The van der Waals surface area contributed by atoms with Crippen molar-refractivity contribution < 1.29 is 0 Å². The number of hydrogen-bond donors (Lipinski definition) is 1. The molecule has 0 amide bonds. The molecule has 0 fully saturated rings. The van der Waals surface area contributed by atoms with E-state index in [1.807, 2.05) is 12.3 Å². The monoisotopic (exact) mass is 269 g/mol. The van der Waals surface area contributed by atoms with Crippen molar-refractivity contribution in [2.24, 2.45) is 5.92 Å². The third-order valence-electron chi connectivity index (χ3n) is 3.13. The second-order valence-electron chi connectivity index (χ2n) is 5.43. The molecule has 0 spiro atoms. The van der Waals surface area contributed by atoms with Crippen LogP contribution in [0.25, 0.3) is 11.3 Å². The van der Waals surface area contributed by atoms with Gasteiger partial charge in [0.1, 0.15) is 5.82 Å². The summed E-state index contributed by atoms with van der Waals surface area (Å²) in [5, 5.41) is 3.25. The lowest BCUT2D eigenvalue weighted by Gasteiger charge is -2.07. The molecule has 3 nitrogen and oxygen atoms in total. The van der Waals surface area contributed by atoms with E-state index in [9.17, 15) is 0 Å². The molecule has 1 aromatic heterocycles. The summed E-state index contributed by atoms with van der Waals surface area (Å²) in [7, 11) is 0. The molecular formula is C17H23N3. The summed E-state index contributed by atoms with van der Waals surface area (Å²) in [5.41, 5.74) is 3.52. The predicted molar refractivity (Wildman–Crippen MR) is 83.4 cm³/mol. The van der Waals surface area contributed by atoms with E-state index in [1.54, 1.807) is 0 Å². The van der Waals surface area contributed by atoms with E-state index in [1.165, 1.54) is 5.56 Å². The maximum absolute atomic E-state index is 4.60. The molecule has 0 aliphatic carbocycles. The van der Waals surface area contributed by atoms with E-state index in [0.717, 1.165) is 36.6 Å². The van der Waals surface area contributed by atoms with Gasteiger partial charge in [-0.25, -0.2) is 9.97 Å². The fraction of sp³-hybridized carbons (Fsp3) is 0.412. The summed E-state index contributed by atoms with van der Waals surface area (Å²) in [6.07, 6.45) is 2.95. The highest BCUT2D eigenvalue weighted by molar-refractivity contribution is 5.59. The highest BCUT2D eigenvalue weighted by Crippen LogP contribution is 2.18. The minimum atomic E-state index is 0.687. The van der Waals surface area contributed by atoms with Gasteiger partial charge in [-0.1, -0.05) is 45.0 Å². The van der Waals surface area contributed by atoms with Crippen LogP contribution in [0, 0.1) is 5.92 Å². The van der Waals surface area contributed by atoms with Gasteiger partial charge >= 0.3 is 0 Å². The van der Waals surface area contributed by atoms with E-state index >= 15 is 0 Å². The van der Waals surface area contributed by atoms with E-state index in [4.69, 9.17) is 0 Å². The van der Waals surface area contributed by atoms with Gasteiger partial charge in [-0.3, -0.25) is 0 Å². The topological polar surface area (TPSA) is 37.8 Å². The van der Waals surface area contributed by atoms with Crippen LogP contribution in [0.4, 0.5) is 0 Å². The Labute approximate surface area is 121 Å². The first kappa shape index (κ1) is 14.7. The maximum atomic E-state index is 4.60. The predicted octanol–water partition coefficient (Wildman–Crippen LogP) is 3.45.